The standard InChI is InChI=1S/C25H22F3N3O4S/c1-33-19-10-4-16(5-11-19)24(25(26,27)28)30-22(32)31(18-8-14-21(35-3)15-9-18)23(36-24)29-17-6-12-20(34-2)13-7-17/h4-15H,1-3H3,(H,30,32). The van der Waals surface area contributed by atoms with Crippen LogP contribution in [0.1, 0.15) is 5.56 Å². The van der Waals surface area contributed by atoms with Crippen molar-refractivity contribution in [1.29, 1.82) is 0 Å². The number of halogens is 3. The zero-order valence-corrected chi connectivity index (χ0v) is 20.3. The number of urea groups is 1. The van der Waals surface area contributed by atoms with Gasteiger partial charge >= 0.3 is 12.2 Å². The van der Waals surface area contributed by atoms with Crippen molar-refractivity contribution in [2.75, 3.05) is 26.2 Å². The summed E-state index contributed by atoms with van der Waals surface area (Å²) in [6.45, 7) is 0. The average molecular weight is 518 g/mol. The number of methoxy groups -OCH3 is 3. The van der Waals surface area contributed by atoms with E-state index in [0.29, 0.717) is 40.4 Å². The van der Waals surface area contributed by atoms with Crippen molar-refractivity contribution in [3.05, 3.63) is 78.4 Å². The normalized spacial score (nSPS) is 19.1. The van der Waals surface area contributed by atoms with Gasteiger partial charge in [-0.05, 0) is 78.0 Å². The number of thioether (sulfide) groups is 1. The summed E-state index contributed by atoms with van der Waals surface area (Å²) in [4.78, 5) is 16.1. The molecule has 3 aromatic carbocycles. The quantitative estimate of drug-likeness (QED) is 0.429. The van der Waals surface area contributed by atoms with Crippen molar-refractivity contribution in [3.63, 3.8) is 0 Å². The van der Waals surface area contributed by atoms with E-state index in [9.17, 15) is 18.0 Å². The van der Waals surface area contributed by atoms with Crippen LogP contribution in [0, 0.1) is 0 Å². The van der Waals surface area contributed by atoms with E-state index in [1.165, 1.54) is 45.6 Å². The number of hydrogen-bond donors (Lipinski definition) is 1. The predicted molar refractivity (Wildman–Crippen MR) is 132 cm³/mol. The largest absolute Gasteiger partial charge is 0.497 e. The molecule has 11 heteroatoms. The highest BCUT2D eigenvalue weighted by Gasteiger charge is 2.62. The zero-order valence-electron chi connectivity index (χ0n) is 19.5. The molecule has 0 bridgehead atoms. The molecule has 0 saturated carbocycles. The molecule has 3 aromatic rings. The van der Waals surface area contributed by atoms with Crippen molar-refractivity contribution in [3.8, 4) is 17.2 Å². The number of amides is 2. The number of alkyl halides is 3. The van der Waals surface area contributed by atoms with Gasteiger partial charge in [0, 0.05) is 0 Å². The molecule has 1 fully saturated rings. The van der Waals surface area contributed by atoms with Gasteiger partial charge < -0.3 is 19.5 Å². The van der Waals surface area contributed by atoms with Gasteiger partial charge in [-0.25, -0.2) is 14.7 Å². The highest BCUT2D eigenvalue weighted by molar-refractivity contribution is 8.15. The number of hydrogen-bond acceptors (Lipinski definition) is 6. The third-order valence-electron chi connectivity index (χ3n) is 5.45. The van der Waals surface area contributed by atoms with Crippen molar-refractivity contribution in [2.45, 2.75) is 11.0 Å². The van der Waals surface area contributed by atoms with Crippen molar-refractivity contribution in [1.82, 2.24) is 5.32 Å². The number of rotatable bonds is 6. The minimum absolute atomic E-state index is 0.165. The first-order valence-electron chi connectivity index (χ1n) is 10.6. The fourth-order valence-corrected chi connectivity index (χ4v) is 4.76. The summed E-state index contributed by atoms with van der Waals surface area (Å²) in [6, 6.07) is 17.2. The summed E-state index contributed by atoms with van der Waals surface area (Å²) in [6.07, 6.45) is -4.87. The minimum Gasteiger partial charge on any atom is -0.497 e. The smallest absolute Gasteiger partial charge is 0.425 e. The topological polar surface area (TPSA) is 72.4 Å². The number of anilines is 1. The van der Waals surface area contributed by atoms with Gasteiger partial charge in [-0.15, -0.1) is 0 Å². The number of amidine groups is 1. The fraction of sp³-hybridized carbons (Fsp3) is 0.200. The number of nitrogens with zero attached hydrogens (tertiary/aromatic N) is 2. The number of carbonyl (C=O) groups excluding carboxylic acids is 1. The summed E-state index contributed by atoms with van der Waals surface area (Å²) in [5.41, 5.74) is 0.488. The lowest BCUT2D eigenvalue weighted by Gasteiger charge is -2.43. The van der Waals surface area contributed by atoms with E-state index >= 15 is 0 Å². The molecule has 0 radical (unpaired) electrons. The molecule has 4 rings (SSSR count). The van der Waals surface area contributed by atoms with E-state index in [-0.39, 0.29) is 10.7 Å². The molecule has 1 atom stereocenters. The maximum absolute atomic E-state index is 14.7. The molecule has 7 nitrogen and oxygen atoms in total. The minimum atomic E-state index is -4.87. The SMILES string of the molecule is COc1ccc(N=C2SC(c3ccc(OC)cc3)(C(F)(F)F)NC(=O)N2c2ccc(OC)cc2)cc1. The van der Waals surface area contributed by atoms with Crippen LogP contribution in [-0.4, -0.2) is 38.7 Å². The Morgan fingerprint density at radius 3 is 1.75 bits per heavy atom. The first kappa shape index (κ1) is 25.2. The molecule has 1 N–H and O–H groups in total. The zero-order chi connectivity index (χ0) is 25.9. The maximum Gasteiger partial charge on any atom is 0.425 e. The van der Waals surface area contributed by atoms with Crippen LogP contribution < -0.4 is 24.4 Å². The molecule has 188 valence electrons. The van der Waals surface area contributed by atoms with Gasteiger partial charge in [-0.2, -0.15) is 13.2 Å². The average Bonchev–Trinajstić information content (AvgIpc) is 2.88. The Morgan fingerprint density at radius 1 is 0.806 bits per heavy atom. The molecule has 1 unspecified atom stereocenters. The Labute approximate surface area is 209 Å². The van der Waals surface area contributed by atoms with Gasteiger partial charge in [0.05, 0.1) is 32.7 Å². The Bertz CT molecular complexity index is 1250. The van der Waals surface area contributed by atoms with Crippen LogP contribution in [0.3, 0.4) is 0 Å². The van der Waals surface area contributed by atoms with E-state index < -0.39 is 17.1 Å². The van der Waals surface area contributed by atoms with E-state index in [2.05, 4.69) is 10.3 Å². The lowest BCUT2D eigenvalue weighted by atomic mass is 10.1. The van der Waals surface area contributed by atoms with Crippen LogP contribution in [0.2, 0.25) is 0 Å². The summed E-state index contributed by atoms with van der Waals surface area (Å²) < 4.78 is 59.5. The summed E-state index contributed by atoms with van der Waals surface area (Å²) in [5, 5.41) is 2.02. The van der Waals surface area contributed by atoms with Crippen LogP contribution in [0.25, 0.3) is 0 Å². The molecule has 0 spiro atoms. The van der Waals surface area contributed by atoms with Crippen LogP contribution in [0.4, 0.5) is 29.3 Å². The molecule has 1 aliphatic rings. The maximum atomic E-state index is 14.7. The number of aliphatic imine (C=N–C) groups is 1. The highest BCUT2D eigenvalue weighted by Crippen LogP contribution is 2.51. The number of nitrogens with one attached hydrogen (secondary N) is 1. The van der Waals surface area contributed by atoms with Gasteiger partial charge in [0.25, 0.3) is 0 Å². The first-order chi connectivity index (χ1) is 17.2. The summed E-state index contributed by atoms with van der Waals surface area (Å²) >= 11 is 0.390. The van der Waals surface area contributed by atoms with Crippen LogP contribution in [0.5, 0.6) is 17.2 Å². The van der Waals surface area contributed by atoms with Crippen molar-refractivity contribution >= 4 is 34.3 Å². The van der Waals surface area contributed by atoms with Gasteiger partial charge in [0.2, 0.25) is 4.87 Å². The Morgan fingerprint density at radius 2 is 1.28 bits per heavy atom. The lowest BCUT2D eigenvalue weighted by molar-refractivity contribution is -0.167. The lowest BCUT2D eigenvalue weighted by Crippen LogP contribution is -2.63. The molecule has 1 saturated heterocycles. The van der Waals surface area contributed by atoms with E-state index in [0.717, 1.165) is 4.90 Å². The molecule has 2 amide bonds. The van der Waals surface area contributed by atoms with Crippen molar-refractivity contribution in [2.24, 2.45) is 4.99 Å². The van der Waals surface area contributed by atoms with E-state index in [4.69, 9.17) is 14.2 Å². The summed E-state index contributed by atoms with van der Waals surface area (Å²) in [5.74, 6) is 1.47. The molecule has 0 aromatic heterocycles. The van der Waals surface area contributed by atoms with E-state index in [1.54, 1.807) is 48.5 Å². The second kappa shape index (κ2) is 10.0. The third kappa shape index (κ3) is 4.78. The monoisotopic (exact) mass is 517 g/mol. The van der Waals surface area contributed by atoms with Gasteiger partial charge in [-0.3, -0.25) is 0 Å². The highest BCUT2D eigenvalue weighted by atomic mass is 32.2. The third-order valence-corrected chi connectivity index (χ3v) is 6.78. The summed E-state index contributed by atoms with van der Waals surface area (Å²) in [7, 11) is 4.40. The predicted octanol–water partition coefficient (Wildman–Crippen LogP) is 6.08. The second-order valence-corrected chi connectivity index (χ2v) is 8.75. The van der Waals surface area contributed by atoms with E-state index in [1.807, 2.05) is 0 Å². The fourth-order valence-electron chi connectivity index (χ4n) is 3.55. The second-order valence-electron chi connectivity index (χ2n) is 7.57. The van der Waals surface area contributed by atoms with Gasteiger partial charge in [-0.1, -0.05) is 12.1 Å². The Balaban J connectivity index is 1.86. The molecule has 0 aliphatic carbocycles. The van der Waals surface area contributed by atoms with Crippen LogP contribution in [-0.2, 0) is 4.87 Å². The molecular weight excluding hydrogens is 495 g/mol. The first-order valence-corrected chi connectivity index (χ1v) is 11.4. The molecular formula is C25H22F3N3O4S. The molecule has 1 aliphatic heterocycles. The Kier molecular flexibility index (Phi) is 7.02. The van der Waals surface area contributed by atoms with Crippen LogP contribution in [0.15, 0.2) is 77.8 Å². The molecule has 36 heavy (non-hydrogen) atoms. The Hall–Kier alpha value is -3.86. The van der Waals surface area contributed by atoms with Crippen LogP contribution >= 0.6 is 11.8 Å². The number of ether oxygens (including phenoxy) is 3. The van der Waals surface area contributed by atoms with Gasteiger partial charge in [0.15, 0.2) is 5.17 Å². The van der Waals surface area contributed by atoms with Crippen molar-refractivity contribution < 1.29 is 32.2 Å². The van der Waals surface area contributed by atoms with Gasteiger partial charge in [0.1, 0.15) is 17.2 Å². The number of carbonyl (C=O) groups is 1. The molecule has 1 heterocycles. The number of benzene rings is 3.